The minimum absolute atomic E-state index is 0.0601. The Bertz CT molecular complexity index is 673. The lowest BCUT2D eigenvalue weighted by Gasteiger charge is -2.10. The number of carbonyl (C=O) groups excluding carboxylic acids is 1. The van der Waals surface area contributed by atoms with Crippen LogP contribution in [0.25, 0.3) is 0 Å². The van der Waals surface area contributed by atoms with E-state index >= 15 is 0 Å². The molecule has 0 aliphatic carbocycles. The number of phenolic OH excluding ortho intramolecular Hbond substituents is 2. The maximum absolute atomic E-state index is 13.7. The summed E-state index contributed by atoms with van der Waals surface area (Å²) in [6, 6.07) is 7.93. The summed E-state index contributed by atoms with van der Waals surface area (Å²) >= 11 is 0. The molecule has 0 radical (unpaired) electrons. The number of benzene rings is 2. The van der Waals surface area contributed by atoms with Gasteiger partial charge in [-0.3, -0.25) is 0 Å². The Balaban J connectivity index is 2.17. The van der Waals surface area contributed by atoms with Crippen molar-refractivity contribution in [2.45, 2.75) is 6.54 Å². The summed E-state index contributed by atoms with van der Waals surface area (Å²) in [6.07, 6.45) is 0. The van der Waals surface area contributed by atoms with E-state index in [9.17, 15) is 19.4 Å². The molecule has 0 heterocycles. The summed E-state index contributed by atoms with van der Waals surface area (Å²) in [7, 11) is 1.24. The predicted molar refractivity (Wildman–Crippen MR) is 74.8 cm³/mol. The number of phenols is 2. The van der Waals surface area contributed by atoms with Gasteiger partial charge in [-0.15, -0.1) is 0 Å². The first-order valence-corrected chi connectivity index (χ1v) is 6.14. The molecule has 0 atom stereocenters. The maximum atomic E-state index is 13.7. The molecule has 0 fully saturated rings. The Kier molecular flexibility index (Phi) is 4.27. The molecule has 0 amide bonds. The van der Waals surface area contributed by atoms with Gasteiger partial charge in [0.05, 0.1) is 18.4 Å². The fourth-order valence-electron chi connectivity index (χ4n) is 1.80. The molecule has 0 aliphatic rings. The second-order valence-corrected chi connectivity index (χ2v) is 4.35. The predicted octanol–water partition coefficient (Wildman–Crippen LogP) is 2.64. The molecule has 21 heavy (non-hydrogen) atoms. The summed E-state index contributed by atoms with van der Waals surface area (Å²) in [4.78, 5) is 11.4. The number of methoxy groups -OCH3 is 1. The van der Waals surface area contributed by atoms with Crippen molar-refractivity contribution in [3.63, 3.8) is 0 Å². The fourth-order valence-corrected chi connectivity index (χ4v) is 1.80. The first-order chi connectivity index (χ1) is 10.0. The van der Waals surface area contributed by atoms with Crippen molar-refractivity contribution in [3.05, 3.63) is 53.3 Å². The van der Waals surface area contributed by atoms with E-state index in [4.69, 9.17) is 0 Å². The SMILES string of the molecule is COC(=O)c1ccc(F)c(NCc2ccc(O)cc2O)c1. The smallest absolute Gasteiger partial charge is 0.337 e. The number of esters is 1. The number of rotatable bonds is 4. The van der Waals surface area contributed by atoms with Gasteiger partial charge >= 0.3 is 5.97 Å². The highest BCUT2D eigenvalue weighted by atomic mass is 19.1. The van der Waals surface area contributed by atoms with Gasteiger partial charge in [0.1, 0.15) is 17.3 Å². The molecule has 6 heteroatoms. The van der Waals surface area contributed by atoms with Crippen LogP contribution in [-0.4, -0.2) is 23.3 Å². The molecule has 2 aromatic carbocycles. The third-order valence-corrected chi connectivity index (χ3v) is 2.93. The van der Waals surface area contributed by atoms with Crippen LogP contribution in [0.3, 0.4) is 0 Å². The van der Waals surface area contributed by atoms with Crippen molar-refractivity contribution in [3.8, 4) is 11.5 Å². The summed E-state index contributed by atoms with van der Waals surface area (Å²) in [5, 5.41) is 21.6. The summed E-state index contributed by atoms with van der Waals surface area (Å²) < 4.78 is 18.3. The van der Waals surface area contributed by atoms with Crippen molar-refractivity contribution in [2.75, 3.05) is 12.4 Å². The summed E-state index contributed by atoms with van der Waals surface area (Å²) in [5.41, 5.74) is 0.817. The molecule has 0 unspecified atom stereocenters. The number of halogens is 1. The highest BCUT2D eigenvalue weighted by molar-refractivity contribution is 5.90. The van der Waals surface area contributed by atoms with Crippen LogP contribution < -0.4 is 5.32 Å². The third kappa shape index (κ3) is 3.42. The molecule has 2 aromatic rings. The Labute approximate surface area is 120 Å². The van der Waals surface area contributed by atoms with Gasteiger partial charge in [-0.2, -0.15) is 0 Å². The van der Waals surface area contributed by atoms with Gasteiger partial charge in [0.2, 0.25) is 0 Å². The average molecular weight is 291 g/mol. The molecule has 3 N–H and O–H groups in total. The number of hydrogen-bond acceptors (Lipinski definition) is 5. The molecule has 0 saturated carbocycles. The lowest BCUT2D eigenvalue weighted by Crippen LogP contribution is -2.06. The van der Waals surface area contributed by atoms with E-state index in [1.54, 1.807) is 0 Å². The topological polar surface area (TPSA) is 78.8 Å². The van der Waals surface area contributed by atoms with Crippen LogP contribution in [0.15, 0.2) is 36.4 Å². The standard InChI is InChI=1S/C15H14FNO4/c1-21-15(20)9-3-5-12(16)13(6-9)17-8-10-2-4-11(18)7-14(10)19/h2-7,17-19H,8H2,1H3. The molecule has 110 valence electrons. The van der Waals surface area contributed by atoms with Crippen LogP contribution in [0.2, 0.25) is 0 Å². The highest BCUT2D eigenvalue weighted by Crippen LogP contribution is 2.24. The number of aromatic hydroxyl groups is 2. The van der Waals surface area contributed by atoms with E-state index in [1.165, 1.54) is 37.4 Å². The molecule has 0 bridgehead atoms. The van der Waals surface area contributed by atoms with Gasteiger partial charge in [0, 0.05) is 18.2 Å². The van der Waals surface area contributed by atoms with Gasteiger partial charge in [0.25, 0.3) is 0 Å². The maximum Gasteiger partial charge on any atom is 0.337 e. The molecule has 5 nitrogen and oxygen atoms in total. The zero-order valence-corrected chi connectivity index (χ0v) is 11.3. The van der Waals surface area contributed by atoms with E-state index in [0.29, 0.717) is 5.56 Å². The molecule has 0 saturated heterocycles. The largest absolute Gasteiger partial charge is 0.508 e. The zero-order chi connectivity index (χ0) is 15.4. The van der Waals surface area contributed by atoms with Gasteiger partial charge in [-0.1, -0.05) is 0 Å². The second-order valence-electron chi connectivity index (χ2n) is 4.35. The Hall–Kier alpha value is -2.76. The van der Waals surface area contributed by atoms with Gasteiger partial charge in [0.15, 0.2) is 0 Å². The molecule has 2 rings (SSSR count). The number of hydrogen-bond donors (Lipinski definition) is 3. The van der Waals surface area contributed by atoms with Crippen molar-refractivity contribution < 1.29 is 24.1 Å². The quantitative estimate of drug-likeness (QED) is 0.755. The van der Waals surface area contributed by atoms with Gasteiger partial charge < -0.3 is 20.3 Å². The Morgan fingerprint density at radius 3 is 2.67 bits per heavy atom. The summed E-state index contributed by atoms with van der Waals surface area (Å²) in [5.74, 6) is -1.26. The van der Waals surface area contributed by atoms with Crippen molar-refractivity contribution in [1.29, 1.82) is 0 Å². The molecular weight excluding hydrogens is 277 g/mol. The van der Waals surface area contributed by atoms with Crippen LogP contribution in [0, 0.1) is 5.82 Å². The van der Waals surface area contributed by atoms with Crippen LogP contribution >= 0.6 is 0 Å². The fraction of sp³-hybridized carbons (Fsp3) is 0.133. The van der Waals surface area contributed by atoms with E-state index in [0.717, 1.165) is 6.07 Å². The van der Waals surface area contributed by atoms with E-state index < -0.39 is 11.8 Å². The first kappa shape index (κ1) is 14.6. The second kappa shape index (κ2) is 6.13. The normalized spacial score (nSPS) is 10.2. The van der Waals surface area contributed by atoms with Crippen LogP contribution in [0.4, 0.5) is 10.1 Å². The molecular formula is C15H14FNO4. The monoisotopic (exact) mass is 291 g/mol. The lowest BCUT2D eigenvalue weighted by atomic mass is 10.1. The molecule has 0 aromatic heterocycles. The summed E-state index contributed by atoms with van der Waals surface area (Å²) in [6.45, 7) is 0.133. The minimum atomic E-state index is -0.564. The van der Waals surface area contributed by atoms with Gasteiger partial charge in [-0.05, 0) is 30.3 Å². The van der Waals surface area contributed by atoms with Crippen molar-refractivity contribution >= 4 is 11.7 Å². The Morgan fingerprint density at radius 2 is 2.00 bits per heavy atom. The number of anilines is 1. The molecule has 0 spiro atoms. The van der Waals surface area contributed by atoms with E-state index in [1.807, 2.05) is 0 Å². The van der Waals surface area contributed by atoms with Crippen LogP contribution in [0.1, 0.15) is 15.9 Å². The average Bonchev–Trinajstić information content (AvgIpc) is 2.47. The third-order valence-electron chi connectivity index (χ3n) is 2.93. The van der Waals surface area contributed by atoms with Crippen LogP contribution in [0.5, 0.6) is 11.5 Å². The minimum Gasteiger partial charge on any atom is -0.508 e. The zero-order valence-electron chi connectivity index (χ0n) is 11.3. The molecule has 0 aliphatic heterocycles. The Morgan fingerprint density at radius 1 is 1.24 bits per heavy atom. The van der Waals surface area contributed by atoms with Crippen LogP contribution in [-0.2, 0) is 11.3 Å². The lowest BCUT2D eigenvalue weighted by molar-refractivity contribution is 0.0600. The number of nitrogens with one attached hydrogen (secondary N) is 1. The number of carbonyl (C=O) groups is 1. The van der Waals surface area contributed by atoms with E-state index in [2.05, 4.69) is 10.1 Å². The number of ether oxygens (including phenoxy) is 1. The first-order valence-electron chi connectivity index (χ1n) is 6.14. The van der Waals surface area contributed by atoms with Crippen molar-refractivity contribution in [2.24, 2.45) is 0 Å². The van der Waals surface area contributed by atoms with Crippen molar-refractivity contribution in [1.82, 2.24) is 0 Å². The highest BCUT2D eigenvalue weighted by Gasteiger charge is 2.10. The van der Waals surface area contributed by atoms with E-state index in [-0.39, 0.29) is 29.3 Å². The van der Waals surface area contributed by atoms with Gasteiger partial charge in [-0.25, -0.2) is 9.18 Å².